The van der Waals surface area contributed by atoms with E-state index in [-0.39, 0.29) is 19.1 Å². The number of halogens is 1. The number of nitrogens with one attached hydrogen (secondary N) is 1. The Morgan fingerprint density at radius 3 is 2.41 bits per heavy atom. The maximum absolute atomic E-state index is 14.5. The first kappa shape index (κ1) is 25.0. The Labute approximate surface area is 200 Å². The molecule has 3 rings (SSSR count). The summed E-state index contributed by atoms with van der Waals surface area (Å²) in [7, 11) is 0. The summed E-state index contributed by atoms with van der Waals surface area (Å²) in [5, 5.41) is 2.82. The van der Waals surface area contributed by atoms with Gasteiger partial charge < -0.3 is 15.0 Å². The second kappa shape index (κ2) is 12.0. The van der Waals surface area contributed by atoms with Crippen molar-refractivity contribution in [3.8, 4) is 5.75 Å². The molecule has 5 nitrogen and oxygen atoms in total. The average Bonchev–Trinajstić information content (AvgIpc) is 2.83. The summed E-state index contributed by atoms with van der Waals surface area (Å²) >= 11 is 0. The molecule has 0 aromatic heterocycles. The number of rotatable bonds is 10. The fourth-order valence-corrected chi connectivity index (χ4v) is 3.74. The van der Waals surface area contributed by atoms with Crippen LogP contribution in [0.1, 0.15) is 29.2 Å². The first-order chi connectivity index (χ1) is 16.4. The van der Waals surface area contributed by atoms with Crippen LogP contribution in [0.4, 0.5) is 4.39 Å². The predicted molar refractivity (Wildman–Crippen MR) is 131 cm³/mol. The van der Waals surface area contributed by atoms with Crippen LogP contribution in [0.15, 0.2) is 72.8 Å². The highest BCUT2D eigenvalue weighted by Crippen LogP contribution is 2.21. The summed E-state index contributed by atoms with van der Waals surface area (Å²) in [6, 6.07) is 20.7. The van der Waals surface area contributed by atoms with Gasteiger partial charge in [-0.1, -0.05) is 60.7 Å². The second-order valence-electron chi connectivity index (χ2n) is 8.27. The number of ether oxygens (including phenoxy) is 1. The van der Waals surface area contributed by atoms with Crippen molar-refractivity contribution in [2.24, 2.45) is 0 Å². The molecule has 0 aliphatic rings. The highest BCUT2D eigenvalue weighted by atomic mass is 19.1. The number of carbonyl (C=O) groups is 2. The van der Waals surface area contributed by atoms with E-state index >= 15 is 0 Å². The third kappa shape index (κ3) is 6.67. The third-order valence-corrected chi connectivity index (χ3v) is 5.62. The van der Waals surface area contributed by atoms with Gasteiger partial charge >= 0.3 is 0 Å². The van der Waals surface area contributed by atoms with Crippen molar-refractivity contribution >= 4 is 11.8 Å². The fraction of sp³-hybridized carbons (Fsp3) is 0.286. The molecule has 0 fully saturated rings. The first-order valence-electron chi connectivity index (χ1n) is 11.4. The average molecular weight is 463 g/mol. The van der Waals surface area contributed by atoms with Gasteiger partial charge in [0.25, 0.3) is 5.91 Å². The second-order valence-corrected chi connectivity index (χ2v) is 8.27. The zero-order chi connectivity index (χ0) is 24.5. The molecule has 3 aromatic carbocycles. The molecule has 0 saturated heterocycles. The number of nitrogens with zero attached hydrogens (tertiary/aromatic N) is 1. The maximum Gasteiger partial charge on any atom is 0.261 e. The van der Waals surface area contributed by atoms with Crippen LogP contribution in [0.5, 0.6) is 5.75 Å². The Morgan fingerprint density at radius 1 is 1.00 bits per heavy atom. The van der Waals surface area contributed by atoms with E-state index in [9.17, 15) is 14.0 Å². The van der Waals surface area contributed by atoms with Crippen LogP contribution in [0, 0.1) is 19.7 Å². The van der Waals surface area contributed by atoms with Gasteiger partial charge in [-0.25, -0.2) is 4.39 Å². The molecule has 3 aromatic rings. The van der Waals surface area contributed by atoms with Crippen LogP contribution in [0.3, 0.4) is 0 Å². The van der Waals surface area contributed by atoms with Crippen molar-refractivity contribution in [3.63, 3.8) is 0 Å². The summed E-state index contributed by atoms with van der Waals surface area (Å²) in [5.41, 5.74) is 3.16. The van der Waals surface area contributed by atoms with Gasteiger partial charge in [-0.3, -0.25) is 9.59 Å². The Hall–Kier alpha value is -3.67. The molecule has 0 aliphatic heterocycles. The molecule has 1 N–H and O–H groups in total. The van der Waals surface area contributed by atoms with Crippen LogP contribution in [-0.4, -0.2) is 35.9 Å². The minimum absolute atomic E-state index is 0.0453. The number of hydrogen-bond acceptors (Lipinski definition) is 3. The number of benzene rings is 3. The van der Waals surface area contributed by atoms with Crippen molar-refractivity contribution in [2.75, 3.05) is 13.2 Å². The van der Waals surface area contributed by atoms with Crippen LogP contribution in [0.25, 0.3) is 0 Å². The summed E-state index contributed by atoms with van der Waals surface area (Å²) in [6.45, 7) is 5.79. The highest BCUT2D eigenvalue weighted by molar-refractivity contribution is 5.88. The van der Waals surface area contributed by atoms with Gasteiger partial charge in [0.1, 0.15) is 17.6 Å². The Bertz CT molecular complexity index is 1120. The van der Waals surface area contributed by atoms with Gasteiger partial charge in [0, 0.05) is 25.1 Å². The minimum atomic E-state index is -0.823. The number of hydrogen-bond donors (Lipinski definition) is 1. The molecule has 0 spiro atoms. The fourth-order valence-electron chi connectivity index (χ4n) is 3.74. The van der Waals surface area contributed by atoms with E-state index in [4.69, 9.17) is 4.74 Å². The number of amides is 2. The number of carbonyl (C=O) groups excluding carboxylic acids is 2. The Kier molecular flexibility index (Phi) is 8.79. The zero-order valence-corrected chi connectivity index (χ0v) is 19.9. The monoisotopic (exact) mass is 462 g/mol. The quantitative estimate of drug-likeness (QED) is 0.479. The molecule has 0 aliphatic carbocycles. The van der Waals surface area contributed by atoms with Crippen molar-refractivity contribution in [2.45, 2.75) is 39.8 Å². The molecule has 2 amide bonds. The van der Waals surface area contributed by atoms with Crippen molar-refractivity contribution in [1.82, 2.24) is 10.2 Å². The van der Waals surface area contributed by atoms with Crippen LogP contribution >= 0.6 is 0 Å². The van der Waals surface area contributed by atoms with Gasteiger partial charge in [-0.05, 0) is 49.6 Å². The molecule has 0 heterocycles. The molecule has 1 atom stereocenters. The smallest absolute Gasteiger partial charge is 0.261 e. The lowest BCUT2D eigenvalue weighted by Crippen LogP contribution is -2.51. The van der Waals surface area contributed by atoms with E-state index in [1.165, 1.54) is 11.0 Å². The summed E-state index contributed by atoms with van der Waals surface area (Å²) in [5.74, 6) is -0.499. The van der Waals surface area contributed by atoms with Gasteiger partial charge in [0.2, 0.25) is 5.91 Å². The minimum Gasteiger partial charge on any atom is -0.483 e. The molecule has 0 radical (unpaired) electrons. The lowest BCUT2D eigenvalue weighted by atomic mass is 10.0. The van der Waals surface area contributed by atoms with Gasteiger partial charge in [-0.2, -0.15) is 0 Å². The molecule has 0 unspecified atom stereocenters. The molecule has 34 heavy (non-hydrogen) atoms. The summed E-state index contributed by atoms with van der Waals surface area (Å²) in [6.07, 6.45) is 0.302. The maximum atomic E-state index is 14.5. The van der Waals surface area contributed by atoms with E-state index in [0.717, 1.165) is 16.7 Å². The lowest BCUT2D eigenvalue weighted by molar-refractivity contribution is -0.142. The summed E-state index contributed by atoms with van der Waals surface area (Å²) < 4.78 is 20.4. The summed E-state index contributed by atoms with van der Waals surface area (Å²) in [4.78, 5) is 28.0. The molecular formula is C28H31FN2O3. The SMILES string of the molecule is CCNC(=O)[C@@H](Cc1ccccc1)N(Cc1ccccc1F)C(=O)COc1cc(C)ccc1C. The molecule has 0 saturated carbocycles. The topological polar surface area (TPSA) is 58.6 Å². The van der Waals surface area contributed by atoms with Crippen LogP contribution in [0.2, 0.25) is 0 Å². The lowest BCUT2D eigenvalue weighted by Gasteiger charge is -2.31. The first-order valence-corrected chi connectivity index (χ1v) is 11.4. The normalized spacial score (nSPS) is 11.5. The van der Waals surface area contributed by atoms with Crippen LogP contribution in [-0.2, 0) is 22.6 Å². The Morgan fingerprint density at radius 2 is 1.71 bits per heavy atom. The van der Waals surface area contributed by atoms with E-state index < -0.39 is 17.8 Å². The van der Waals surface area contributed by atoms with E-state index in [0.29, 0.717) is 24.3 Å². The molecule has 0 bridgehead atoms. The largest absolute Gasteiger partial charge is 0.483 e. The van der Waals surface area contributed by atoms with E-state index in [2.05, 4.69) is 5.32 Å². The standard InChI is InChI=1S/C28H31FN2O3/c1-4-30-28(33)25(17-22-10-6-5-7-11-22)31(18-23-12-8-9-13-24(23)29)27(32)19-34-26-16-20(2)14-15-21(26)3/h5-16,25H,4,17-19H2,1-3H3,(H,30,33)/t25-/m1/s1. The van der Waals surface area contributed by atoms with Gasteiger partial charge in [0.05, 0.1) is 0 Å². The van der Waals surface area contributed by atoms with E-state index in [1.54, 1.807) is 18.2 Å². The molecular weight excluding hydrogens is 431 g/mol. The highest BCUT2D eigenvalue weighted by Gasteiger charge is 2.31. The van der Waals surface area contributed by atoms with Crippen molar-refractivity contribution in [1.29, 1.82) is 0 Å². The molecule has 178 valence electrons. The van der Waals surface area contributed by atoms with Crippen LogP contribution < -0.4 is 10.1 Å². The molecule has 6 heteroatoms. The van der Waals surface area contributed by atoms with Gasteiger partial charge in [-0.15, -0.1) is 0 Å². The third-order valence-electron chi connectivity index (χ3n) is 5.62. The number of likely N-dealkylation sites (N-methyl/N-ethyl adjacent to an activating group) is 1. The van der Waals surface area contributed by atoms with E-state index in [1.807, 2.05) is 69.3 Å². The number of aryl methyl sites for hydroxylation is 2. The predicted octanol–water partition coefficient (Wildman–Crippen LogP) is 4.60. The Balaban J connectivity index is 1.92. The van der Waals surface area contributed by atoms with Gasteiger partial charge in [0.15, 0.2) is 6.61 Å². The zero-order valence-electron chi connectivity index (χ0n) is 19.9. The van der Waals surface area contributed by atoms with Crippen molar-refractivity contribution in [3.05, 3.63) is 101 Å². The van der Waals surface area contributed by atoms with Crippen molar-refractivity contribution < 1.29 is 18.7 Å².